The number of pyridine rings is 1. The summed E-state index contributed by atoms with van der Waals surface area (Å²) in [7, 11) is 0. The highest BCUT2D eigenvalue weighted by molar-refractivity contribution is 5.87. The lowest BCUT2D eigenvalue weighted by molar-refractivity contribution is 0.0697. The van der Waals surface area contributed by atoms with Gasteiger partial charge in [0.1, 0.15) is 0 Å². The Kier molecular flexibility index (Phi) is 3.19. The van der Waals surface area contributed by atoms with Crippen molar-refractivity contribution in [3.05, 3.63) is 65.0 Å². The predicted molar refractivity (Wildman–Crippen MR) is 65.2 cm³/mol. The molecule has 0 aliphatic rings. The lowest BCUT2D eigenvalue weighted by atomic mass is 10.0. The molecule has 0 saturated carbocycles. The molecule has 3 heteroatoms. The van der Waals surface area contributed by atoms with Gasteiger partial charge in [0, 0.05) is 18.3 Å². The molecule has 0 radical (unpaired) electrons. The molecule has 0 spiro atoms. The van der Waals surface area contributed by atoms with Crippen LogP contribution in [0, 0.1) is 6.92 Å². The van der Waals surface area contributed by atoms with E-state index < -0.39 is 5.97 Å². The molecular weight excluding hydrogens is 214 g/mol. The van der Waals surface area contributed by atoms with E-state index in [1.54, 1.807) is 18.3 Å². The number of aryl methyl sites for hydroxylation is 1. The average Bonchev–Trinajstić information content (AvgIpc) is 2.33. The zero-order valence-electron chi connectivity index (χ0n) is 9.55. The van der Waals surface area contributed by atoms with E-state index in [0.29, 0.717) is 12.0 Å². The molecule has 1 N–H and O–H groups in total. The summed E-state index contributed by atoms with van der Waals surface area (Å²) in [5, 5.41) is 8.95. The molecule has 0 fully saturated rings. The minimum Gasteiger partial charge on any atom is -0.478 e. The average molecular weight is 227 g/mol. The fourth-order valence-electron chi connectivity index (χ4n) is 1.69. The first-order chi connectivity index (χ1) is 8.16. The number of nitrogens with zero attached hydrogens (tertiary/aromatic N) is 1. The van der Waals surface area contributed by atoms with Gasteiger partial charge in [0.15, 0.2) is 0 Å². The van der Waals surface area contributed by atoms with Gasteiger partial charge in [0.05, 0.1) is 5.56 Å². The lowest BCUT2D eigenvalue weighted by Crippen LogP contribution is -2.00. The second-order valence-corrected chi connectivity index (χ2v) is 3.94. The van der Waals surface area contributed by atoms with Crippen molar-refractivity contribution in [3.63, 3.8) is 0 Å². The van der Waals surface area contributed by atoms with Crippen molar-refractivity contribution < 1.29 is 9.90 Å². The Morgan fingerprint density at radius 3 is 2.76 bits per heavy atom. The fraction of sp³-hybridized carbons (Fsp3) is 0.143. The van der Waals surface area contributed by atoms with Gasteiger partial charge < -0.3 is 5.11 Å². The van der Waals surface area contributed by atoms with E-state index in [9.17, 15) is 4.79 Å². The smallest absolute Gasteiger partial charge is 0.335 e. The highest BCUT2D eigenvalue weighted by Crippen LogP contribution is 2.15. The molecule has 86 valence electrons. The largest absolute Gasteiger partial charge is 0.478 e. The van der Waals surface area contributed by atoms with Crippen molar-refractivity contribution in [2.75, 3.05) is 0 Å². The summed E-state index contributed by atoms with van der Waals surface area (Å²) in [6.07, 6.45) is 2.40. The second kappa shape index (κ2) is 4.78. The molecular formula is C14H13NO2. The highest BCUT2D eigenvalue weighted by atomic mass is 16.4. The van der Waals surface area contributed by atoms with E-state index in [2.05, 4.69) is 4.98 Å². The topological polar surface area (TPSA) is 50.2 Å². The van der Waals surface area contributed by atoms with E-state index >= 15 is 0 Å². The Morgan fingerprint density at radius 1 is 1.29 bits per heavy atom. The predicted octanol–water partition coefficient (Wildman–Crippen LogP) is 2.68. The van der Waals surface area contributed by atoms with Gasteiger partial charge in [-0.3, -0.25) is 4.98 Å². The SMILES string of the molecule is Cc1ccc(C(=O)O)cc1Cc1ccccn1. The van der Waals surface area contributed by atoms with Crippen LogP contribution in [0.1, 0.15) is 27.2 Å². The van der Waals surface area contributed by atoms with Crippen LogP contribution in [0.4, 0.5) is 0 Å². The van der Waals surface area contributed by atoms with Crippen LogP contribution in [0.5, 0.6) is 0 Å². The molecule has 17 heavy (non-hydrogen) atoms. The number of rotatable bonds is 3. The standard InChI is InChI=1S/C14H13NO2/c1-10-5-6-11(14(16)17)8-12(10)9-13-4-2-3-7-15-13/h2-8H,9H2,1H3,(H,16,17). The number of benzene rings is 1. The normalized spacial score (nSPS) is 10.2. The zero-order valence-corrected chi connectivity index (χ0v) is 9.55. The van der Waals surface area contributed by atoms with Crippen LogP contribution in [0.15, 0.2) is 42.6 Å². The quantitative estimate of drug-likeness (QED) is 0.877. The Labute approximate surface area is 99.8 Å². The number of hydrogen-bond donors (Lipinski definition) is 1. The summed E-state index contributed by atoms with van der Waals surface area (Å²) in [6.45, 7) is 1.98. The minimum absolute atomic E-state index is 0.321. The van der Waals surface area contributed by atoms with Gasteiger partial charge >= 0.3 is 5.97 Å². The van der Waals surface area contributed by atoms with Crippen LogP contribution in [-0.2, 0) is 6.42 Å². The van der Waals surface area contributed by atoms with Gasteiger partial charge in [-0.25, -0.2) is 4.79 Å². The molecule has 1 heterocycles. The number of carboxylic acid groups (broad SMARTS) is 1. The molecule has 1 aromatic carbocycles. The number of aromatic nitrogens is 1. The summed E-state index contributed by atoms with van der Waals surface area (Å²) < 4.78 is 0. The van der Waals surface area contributed by atoms with Crippen molar-refractivity contribution in [1.82, 2.24) is 4.98 Å². The van der Waals surface area contributed by atoms with Crippen LogP contribution >= 0.6 is 0 Å². The molecule has 1 aromatic heterocycles. The van der Waals surface area contributed by atoms with Crippen LogP contribution in [0.25, 0.3) is 0 Å². The Morgan fingerprint density at radius 2 is 2.12 bits per heavy atom. The summed E-state index contributed by atoms with van der Waals surface area (Å²) in [5.74, 6) is -0.896. The van der Waals surface area contributed by atoms with E-state index in [-0.39, 0.29) is 0 Å². The summed E-state index contributed by atoms with van der Waals surface area (Å²) in [5.41, 5.74) is 3.35. The molecule has 0 saturated heterocycles. The molecule has 2 rings (SSSR count). The zero-order chi connectivity index (χ0) is 12.3. The van der Waals surface area contributed by atoms with Crippen molar-refractivity contribution in [2.45, 2.75) is 13.3 Å². The van der Waals surface area contributed by atoms with Crippen LogP contribution in [0.2, 0.25) is 0 Å². The maximum Gasteiger partial charge on any atom is 0.335 e. The Hall–Kier alpha value is -2.16. The number of carbonyl (C=O) groups is 1. The third-order valence-electron chi connectivity index (χ3n) is 2.69. The number of hydrogen-bond acceptors (Lipinski definition) is 2. The molecule has 0 unspecified atom stereocenters. The molecule has 3 nitrogen and oxygen atoms in total. The first-order valence-electron chi connectivity index (χ1n) is 5.39. The van der Waals surface area contributed by atoms with Gasteiger partial charge in [-0.1, -0.05) is 12.1 Å². The minimum atomic E-state index is -0.896. The van der Waals surface area contributed by atoms with Crippen LogP contribution < -0.4 is 0 Å². The summed E-state index contributed by atoms with van der Waals surface area (Å²) in [4.78, 5) is 15.1. The molecule has 0 amide bonds. The van der Waals surface area contributed by atoms with Gasteiger partial charge in [-0.2, -0.15) is 0 Å². The lowest BCUT2D eigenvalue weighted by Gasteiger charge is -2.06. The molecule has 0 bridgehead atoms. The van der Waals surface area contributed by atoms with Gasteiger partial charge in [-0.05, 0) is 42.3 Å². The maximum absolute atomic E-state index is 10.9. The summed E-state index contributed by atoms with van der Waals surface area (Å²) in [6, 6.07) is 10.9. The summed E-state index contributed by atoms with van der Waals surface area (Å²) >= 11 is 0. The fourth-order valence-corrected chi connectivity index (χ4v) is 1.69. The van der Waals surface area contributed by atoms with Crippen molar-refractivity contribution in [3.8, 4) is 0 Å². The number of carboxylic acids is 1. The van der Waals surface area contributed by atoms with E-state index in [1.807, 2.05) is 31.2 Å². The number of aromatic carboxylic acids is 1. The van der Waals surface area contributed by atoms with Gasteiger partial charge in [-0.15, -0.1) is 0 Å². The second-order valence-electron chi connectivity index (χ2n) is 3.94. The van der Waals surface area contributed by atoms with E-state index in [1.165, 1.54) is 0 Å². The molecule has 2 aromatic rings. The van der Waals surface area contributed by atoms with Crippen molar-refractivity contribution >= 4 is 5.97 Å². The highest BCUT2D eigenvalue weighted by Gasteiger charge is 2.07. The van der Waals surface area contributed by atoms with E-state index in [0.717, 1.165) is 16.8 Å². The monoisotopic (exact) mass is 227 g/mol. The van der Waals surface area contributed by atoms with Crippen LogP contribution in [-0.4, -0.2) is 16.1 Å². The third kappa shape index (κ3) is 2.69. The van der Waals surface area contributed by atoms with Crippen molar-refractivity contribution in [2.24, 2.45) is 0 Å². The third-order valence-corrected chi connectivity index (χ3v) is 2.69. The van der Waals surface area contributed by atoms with Gasteiger partial charge in [0.2, 0.25) is 0 Å². The molecule has 0 aliphatic heterocycles. The first kappa shape index (κ1) is 11.3. The Bertz CT molecular complexity index is 535. The van der Waals surface area contributed by atoms with Crippen LogP contribution in [0.3, 0.4) is 0 Å². The molecule has 0 aliphatic carbocycles. The first-order valence-corrected chi connectivity index (χ1v) is 5.39. The van der Waals surface area contributed by atoms with Gasteiger partial charge in [0.25, 0.3) is 0 Å². The molecule has 0 atom stereocenters. The van der Waals surface area contributed by atoms with E-state index in [4.69, 9.17) is 5.11 Å². The van der Waals surface area contributed by atoms with Crippen molar-refractivity contribution in [1.29, 1.82) is 0 Å². The maximum atomic E-state index is 10.9. The Balaban J connectivity index is 2.32.